The molecular weight excluding hydrogens is 378 g/mol. The molecule has 0 fully saturated rings. The van der Waals surface area contributed by atoms with E-state index in [1.165, 1.54) is 10.7 Å². The summed E-state index contributed by atoms with van der Waals surface area (Å²) < 4.78 is 6.38. The smallest absolute Gasteiger partial charge is 0.267 e. The lowest BCUT2D eigenvalue weighted by Gasteiger charge is -2.16. The summed E-state index contributed by atoms with van der Waals surface area (Å²) >= 11 is 0. The molecule has 0 radical (unpaired) electrons. The van der Waals surface area contributed by atoms with Crippen LogP contribution in [0.15, 0.2) is 83.7 Å². The molecule has 1 atom stereocenters. The molecule has 1 aromatic heterocycles. The molecule has 0 aliphatic carbocycles. The summed E-state index contributed by atoms with van der Waals surface area (Å²) in [6, 6.07) is 23.2. The van der Waals surface area contributed by atoms with Crippen molar-refractivity contribution in [1.82, 2.24) is 9.78 Å². The molecule has 0 bridgehead atoms. The predicted octanol–water partition coefficient (Wildman–Crippen LogP) is 4.27. The maximum absolute atomic E-state index is 12.9. The van der Waals surface area contributed by atoms with Crippen molar-refractivity contribution < 1.29 is 9.53 Å². The Hall–Kier alpha value is -3.93. The number of amides is 1. The molecule has 0 saturated carbocycles. The lowest BCUT2D eigenvalue weighted by Crippen LogP contribution is -2.33. The van der Waals surface area contributed by atoms with Crippen LogP contribution in [0, 0.1) is 0 Å². The van der Waals surface area contributed by atoms with Crippen LogP contribution < -0.4 is 15.6 Å². The monoisotopic (exact) mass is 399 g/mol. The van der Waals surface area contributed by atoms with Crippen LogP contribution in [0.5, 0.6) is 5.75 Å². The van der Waals surface area contributed by atoms with Gasteiger partial charge in [0, 0.05) is 22.7 Å². The van der Waals surface area contributed by atoms with Gasteiger partial charge in [-0.05, 0) is 48.7 Å². The predicted molar refractivity (Wildman–Crippen MR) is 118 cm³/mol. The Kier molecular flexibility index (Phi) is 5.30. The van der Waals surface area contributed by atoms with Crippen LogP contribution in [-0.4, -0.2) is 22.8 Å². The number of aromatic nitrogens is 2. The number of rotatable bonds is 5. The van der Waals surface area contributed by atoms with Gasteiger partial charge in [0.1, 0.15) is 11.8 Å². The van der Waals surface area contributed by atoms with Gasteiger partial charge in [-0.2, -0.15) is 5.10 Å². The Morgan fingerprint density at radius 2 is 1.70 bits per heavy atom. The van der Waals surface area contributed by atoms with Crippen molar-refractivity contribution in [3.63, 3.8) is 0 Å². The van der Waals surface area contributed by atoms with Crippen LogP contribution in [-0.2, 0) is 4.79 Å². The number of nitrogens with one attached hydrogen (secondary N) is 1. The van der Waals surface area contributed by atoms with Crippen molar-refractivity contribution in [2.45, 2.75) is 13.0 Å². The average molecular weight is 399 g/mol. The zero-order chi connectivity index (χ0) is 21.1. The molecule has 150 valence electrons. The second-order valence-electron chi connectivity index (χ2n) is 6.92. The minimum Gasteiger partial charge on any atom is -0.497 e. The van der Waals surface area contributed by atoms with Crippen molar-refractivity contribution in [1.29, 1.82) is 0 Å². The third-order valence-electron chi connectivity index (χ3n) is 5.00. The maximum Gasteiger partial charge on any atom is 0.267 e. The number of carbonyl (C=O) groups excluding carboxylic acids is 1. The van der Waals surface area contributed by atoms with Gasteiger partial charge in [-0.1, -0.05) is 36.4 Å². The molecule has 1 unspecified atom stereocenters. The van der Waals surface area contributed by atoms with E-state index in [1.807, 2.05) is 66.7 Å². The van der Waals surface area contributed by atoms with Gasteiger partial charge in [-0.3, -0.25) is 9.59 Å². The molecule has 4 rings (SSSR count). The van der Waals surface area contributed by atoms with Crippen molar-refractivity contribution >= 4 is 22.4 Å². The lowest BCUT2D eigenvalue weighted by atomic mass is 10.1. The van der Waals surface area contributed by atoms with E-state index in [1.54, 1.807) is 20.1 Å². The highest BCUT2D eigenvalue weighted by molar-refractivity contribution is 6.03. The minimum atomic E-state index is -0.783. The third-order valence-corrected chi connectivity index (χ3v) is 5.00. The lowest BCUT2D eigenvalue weighted by molar-refractivity contribution is -0.119. The summed E-state index contributed by atoms with van der Waals surface area (Å²) in [6.45, 7) is 1.66. The normalized spacial score (nSPS) is 11.8. The first-order valence-electron chi connectivity index (χ1n) is 9.60. The number of nitrogens with zero attached hydrogens (tertiary/aromatic N) is 2. The number of methoxy groups -OCH3 is 1. The molecule has 0 aliphatic heterocycles. The highest BCUT2D eigenvalue weighted by atomic mass is 16.5. The SMILES string of the molecule is COc1ccc(-c2ccc(=O)n(C(C)C(=O)Nc3cccc4ccccc34)n2)cc1. The molecule has 1 heterocycles. The molecule has 6 nitrogen and oxygen atoms in total. The van der Waals surface area contributed by atoms with E-state index < -0.39 is 6.04 Å². The zero-order valence-corrected chi connectivity index (χ0v) is 16.7. The Balaban J connectivity index is 1.62. The summed E-state index contributed by atoms with van der Waals surface area (Å²) in [5.74, 6) is 0.419. The van der Waals surface area contributed by atoms with Crippen LogP contribution in [0.1, 0.15) is 13.0 Å². The van der Waals surface area contributed by atoms with Gasteiger partial charge in [0.05, 0.1) is 12.8 Å². The second-order valence-corrected chi connectivity index (χ2v) is 6.92. The van der Waals surface area contributed by atoms with E-state index in [0.29, 0.717) is 11.4 Å². The topological polar surface area (TPSA) is 73.2 Å². The van der Waals surface area contributed by atoms with Gasteiger partial charge < -0.3 is 10.1 Å². The Labute approximate surface area is 173 Å². The van der Waals surface area contributed by atoms with Crippen molar-refractivity contribution in [3.05, 3.63) is 89.2 Å². The molecule has 3 aromatic carbocycles. The van der Waals surface area contributed by atoms with Gasteiger partial charge in [0.2, 0.25) is 5.91 Å². The Bertz CT molecular complexity index is 1260. The van der Waals surface area contributed by atoms with E-state index >= 15 is 0 Å². The number of benzene rings is 3. The van der Waals surface area contributed by atoms with Gasteiger partial charge >= 0.3 is 0 Å². The van der Waals surface area contributed by atoms with E-state index in [2.05, 4.69) is 10.4 Å². The number of hydrogen-bond donors (Lipinski definition) is 1. The number of carbonyl (C=O) groups is 1. The van der Waals surface area contributed by atoms with Gasteiger partial charge in [0.15, 0.2) is 0 Å². The zero-order valence-electron chi connectivity index (χ0n) is 16.7. The molecule has 1 N–H and O–H groups in total. The number of fused-ring (bicyclic) bond motifs is 1. The first-order valence-corrected chi connectivity index (χ1v) is 9.60. The van der Waals surface area contributed by atoms with E-state index in [4.69, 9.17) is 4.74 Å². The molecule has 6 heteroatoms. The van der Waals surface area contributed by atoms with Crippen LogP contribution in [0.2, 0.25) is 0 Å². The first kappa shape index (κ1) is 19.4. The van der Waals surface area contributed by atoms with Gasteiger partial charge in [0.25, 0.3) is 5.56 Å². The maximum atomic E-state index is 12.9. The van der Waals surface area contributed by atoms with Gasteiger partial charge in [-0.15, -0.1) is 0 Å². The van der Waals surface area contributed by atoms with Crippen molar-refractivity contribution in [2.24, 2.45) is 0 Å². The summed E-state index contributed by atoms with van der Waals surface area (Å²) in [5.41, 5.74) is 1.78. The molecule has 0 spiro atoms. The molecule has 0 saturated heterocycles. The minimum absolute atomic E-state index is 0.312. The van der Waals surface area contributed by atoms with Crippen LogP contribution in [0.25, 0.3) is 22.0 Å². The highest BCUT2D eigenvalue weighted by Gasteiger charge is 2.19. The molecule has 1 amide bonds. The summed E-state index contributed by atoms with van der Waals surface area (Å²) in [5, 5.41) is 9.32. The van der Waals surface area contributed by atoms with Crippen molar-refractivity contribution in [3.8, 4) is 17.0 Å². The standard InChI is InChI=1S/C24H21N3O3/c1-16(24(29)25-22-9-5-7-17-6-3-4-8-20(17)22)27-23(28)15-14-21(26-27)18-10-12-19(30-2)13-11-18/h3-16H,1-2H3,(H,25,29). The number of anilines is 1. The number of hydrogen-bond acceptors (Lipinski definition) is 4. The van der Waals surface area contributed by atoms with Crippen molar-refractivity contribution in [2.75, 3.05) is 12.4 Å². The molecule has 30 heavy (non-hydrogen) atoms. The molecule has 0 aliphatic rings. The van der Waals surface area contributed by atoms with E-state index in [0.717, 1.165) is 22.1 Å². The largest absolute Gasteiger partial charge is 0.497 e. The molecule has 4 aromatic rings. The van der Waals surface area contributed by atoms with Gasteiger partial charge in [-0.25, -0.2) is 4.68 Å². The average Bonchev–Trinajstić information content (AvgIpc) is 2.79. The van der Waals surface area contributed by atoms with Crippen LogP contribution in [0.4, 0.5) is 5.69 Å². The summed E-state index contributed by atoms with van der Waals surface area (Å²) in [4.78, 5) is 25.3. The fourth-order valence-corrected chi connectivity index (χ4v) is 3.30. The fraction of sp³-hybridized carbons (Fsp3) is 0.125. The quantitative estimate of drug-likeness (QED) is 0.544. The summed E-state index contributed by atoms with van der Waals surface area (Å²) in [7, 11) is 1.60. The van der Waals surface area contributed by atoms with Crippen LogP contribution >= 0.6 is 0 Å². The highest BCUT2D eigenvalue weighted by Crippen LogP contribution is 2.24. The Morgan fingerprint density at radius 3 is 2.47 bits per heavy atom. The second kappa shape index (κ2) is 8.21. The molecular formula is C24H21N3O3. The van der Waals surface area contributed by atoms with E-state index in [9.17, 15) is 9.59 Å². The fourth-order valence-electron chi connectivity index (χ4n) is 3.30. The first-order chi connectivity index (χ1) is 14.6. The third kappa shape index (κ3) is 3.80. The Morgan fingerprint density at radius 1 is 0.967 bits per heavy atom. The van der Waals surface area contributed by atoms with Crippen LogP contribution in [0.3, 0.4) is 0 Å². The van der Waals surface area contributed by atoms with E-state index in [-0.39, 0.29) is 11.5 Å². The summed E-state index contributed by atoms with van der Waals surface area (Å²) in [6.07, 6.45) is 0. The number of ether oxygens (including phenoxy) is 1.